The van der Waals surface area contributed by atoms with Gasteiger partial charge in [0.05, 0.1) is 0 Å². The largest absolute Gasteiger partial charge is 0.477 e. The van der Waals surface area contributed by atoms with Gasteiger partial charge in [0, 0.05) is 51.4 Å². The average Bonchev–Trinajstić information content (AvgIpc) is 1.62. The summed E-state index contributed by atoms with van der Waals surface area (Å²) in [5, 5.41) is 7.31. The summed E-state index contributed by atoms with van der Waals surface area (Å²) in [6.45, 7) is 0. The Bertz CT molecular complexity index is 152. The van der Waals surface area contributed by atoms with Gasteiger partial charge in [-0.15, -0.1) is 0 Å². The molecule has 0 heterocycles. The summed E-state index contributed by atoms with van der Waals surface area (Å²) in [5.74, 6) is -8.84. The van der Waals surface area contributed by atoms with Gasteiger partial charge in [-0.2, -0.15) is 22.0 Å². The van der Waals surface area contributed by atoms with Crippen molar-refractivity contribution < 1.29 is 31.9 Å². The summed E-state index contributed by atoms with van der Waals surface area (Å²) in [5.41, 5.74) is 0. The Morgan fingerprint density at radius 2 is 1.36 bits per heavy atom. The van der Waals surface area contributed by atoms with Crippen LogP contribution in [0, 0.1) is 0 Å². The van der Waals surface area contributed by atoms with Gasteiger partial charge in [0.2, 0.25) is 0 Å². The Morgan fingerprint density at radius 1 is 1.09 bits per heavy atom. The molecule has 0 saturated heterocycles. The van der Waals surface area contributed by atoms with E-state index >= 15 is 0 Å². The van der Waals surface area contributed by atoms with E-state index in [0.717, 1.165) is 0 Å². The molecule has 0 aliphatic heterocycles. The zero-order chi connectivity index (χ0) is 8.58. The molecule has 0 spiro atoms. The van der Waals surface area contributed by atoms with E-state index < -0.39 is 18.1 Å². The monoisotopic (exact) mass is 203 g/mol. The topological polar surface area (TPSA) is 37.3 Å². The van der Waals surface area contributed by atoms with Crippen LogP contribution in [-0.4, -0.2) is 74.6 Å². The van der Waals surface area contributed by atoms with Crippen molar-refractivity contribution in [1.29, 1.82) is 0 Å². The normalized spacial score (nSPS) is 12.1. The first-order valence-electron chi connectivity index (χ1n) is 1.87. The van der Waals surface area contributed by atoms with Crippen molar-refractivity contribution in [3.63, 3.8) is 0 Å². The maximum atomic E-state index is 11.3. The van der Waals surface area contributed by atoms with E-state index in [0.29, 0.717) is 0 Å². The maximum absolute atomic E-state index is 11.3. The summed E-state index contributed by atoms with van der Waals surface area (Å²) < 4.78 is 55.5. The summed E-state index contributed by atoms with van der Waals surface area (Å²) in [4.78, 5) is 9.20. The number of halogens is 5. The van der Waals surface area contributed by atoms with Gasteiger partial charge < -0.3 is 5.11 Å². The molecule has 11 heavy (non-hydrogen) atoms. The van der Waals surface area contributed by atoms with Crippen LogP contribution in [0.4, 0.5) is 22.0 Å². The SMILES string of the molecule is O=C(O)C(F)(F)C(F)(F)F.[K]. The zero-order valence-corrected chi connectivity index (χ0v) is 8.37. The van der Waals surface area contributed by atoms with Crippen LogP contribution in [0.25, 0.3) is 0 Å². The molecule has 0 atom stereocenters. The molecule has 0 saturated carbocycles. The van der Waals surface area contributed by atoms with Gasteiger partial charge in [0.15, 0.2) is 0 Å². The number of rotatable bonds is 1. The third-order valence-corrected chi connectivity index (χ3v) is 0.625. The molecule has 0 fully saturated rings. The molecule has 0 aromatic rings. The van der Waals surface area contributed by atoms with E-state index in [4.69, 9.17) is 5.11 Å². The fourth-order valence-corrected chi connectivity index (χ4v) is 0.121. The molecule has 0 rings (SSSR count). The molecule has 0 aromatic carbocycles. The van der Waals surface area contributed by atoms with Gasteiger partial charge in [-0.25, -0.2) is 4.79 Å². The summed E-state index contributed by atoms with van der Waals surface area (Å²) >= 11 is 0. The maximum Gasteiger partial charge on any atom is 0.465 e. The van der Waals surface area contributed by atoms with Crippen molar-refractivity contribution in [2.24, 2.45) is 0 Å². The van der Waals surface area contributed by atoms with Gasteiger partial charge >= 0.3 is 18.1 Å². The smallest absolute Gasteiger partial charge is 0.465 e. The van der Waals surface area contributed by atoms with Crippen molar-refractivity contribution in [2.75, 3.05) is 0 Å². The molecule has 8 heteroatoms. The van der Waals surface area contributed by atoms with Crippen LogP contribution in [0.1, 0.15) is 0 Å². The number of carboxylic acids is 1. The first kappa shape index (κ1) is 14.3. The predicted octanol–water partition coefficient (Wildman–Crippen LogP) is 0.888. The molecule has 0 aliphatic rings. The molecular weight excluding hydrogens is 202 g/mol. The Balaban J connectivity index is 0. The number of hydrogen-bond acceptors (Lipinski definition) is 1. The molecule has 61 valence electrons. The van der Waals surface area contributed by atoms with Crippen LogP contribution in [-0.2, 0) is 4.79 Å². The molecule has 0 aliphatic carbocycles. The van der Waals surface area contributed by atoms with E-state index in [2.05, 4.69) is 0 Å². The summed E-state index contributed by atoms with van der Waals surface area (Å²) in [7, 11) is 0. The summed E-state index contributed by atoms with van der Waals surface area (Å²) in [6.07, 6.45) is -6.02. The van der Waals surface area contributed by atoms with Gasteiger partial charge in [-0.3, -0.25) is 0 Å². The Morgan fingerprint density at radius 3 is 1.36 bits per heavy atom. The second-order valence-corrected chi connectivity index (χ2v) is 1.38. The minimum Gasteiger partial charge on any atom is -0.477 e. The third kappa shape index (κ3) is 3.32. The van der Waals surface area contributed by atoms with Gasteiger partial charge in [0.25, 0.3) is 0 Å². The first-order valence-corrected chi connectivity index (χ1v) is 1.87. The molecule has 0 bridgehead atoms. The minimum absolute atomic E-state index is 0. The minimum atomic E-state index is -6.02. The van der Waals surface area contributed by atoms with Crippen LogP contribution in [0.2, 0.25) is 0 Å². The molecule has 0 unspecified atom stereocenters. The number of carboxylic acid groups (broad SMARTS) is 1. The van der Waals surface area contributed by atoms with Gasteiger partial charge in [-0.1, -0.05) is 0 Å². The molecule has 1 radical (unpaired) electrons. The number of aliphatic carboxylic acids is 1. The van der Waals surface area contributed by atoms with Crippen molar-refractivity contribution in [2.45, 2.75) is 12.1 Å². The van der Waals surface area contributed by atoms with Crippen molar-refractivity contribution in [1.82, 2.24) is 0 Å². The van der Waals surface area contributed by atoms with E-state index in [9.17, 15) is 26.7 Å². The van der Waals surface area contributed by atoms with E-state index in [1.54, 1.807) is 0 Å². The zero-order valence-electron chi connectivity index (χ0n) is 5.25. The second-order valence-electron chi connectivity index (χ2n) is 1.38. The molecule has 1 N–H and O–H groups in total. The van der Waals surface area contributed by atoms with Crippen LogP contribution >= 0.6 is 0 Å². The average molecular weight is 203 g/mol. The molecule has 0 amide bonds. The molecule has 2 nitrogen and oxygen atoms in total. The quantitative estimate of drug-likeness (QED) is 0.507. The number of alkyl halides is 5. The molecular formula is C3HF5KO2. The van der Waals surface area contributed by atoms with Crippen LogP contribution in [0.5, 0.6) is 0 Å². The van der Waals surface area contributed by atoms with Crippen LogP contribution in [0.15, 0.2) is 0 Å². The Hall–Kier alpha value is 0.756. The standard InChI is InChI=1S/C3HF5O2.K/c4-2(5,1(9)10)3(6,7)8;/h(H,9,10);. The fraction of sp³-hybridized carbons (Fsp3) is 0.667. The van der Waals surface area contributed by atoms with Gasteiger partial charge in [0.1, 0.15) is 0 Å². The van der Waals surface area contributed by atoms with Gasteiger partial charge in [-0.05, 0) is 0 Å². The third-order valence-electron chi connectivity index (χ3n) is 0.625. The van der Waals surface area contributed by atoms with Crippen molar-refractivity contribution >= 4 is 57.4 Å². The number of carbonyl (C=O) groups is 1. The van der Waals surface area contributed by atoms with Crippen molar-refractivity contribution in [3.8, 4) is 0 Å². The van der Waals surface area contributed by atoms with Crippen LogP contribution in [0.3, 0.4) is 0 Å². The van der Waals surface area contributed by atoms with E-state index in [1.807, 2.05) is 0 Å². The Kier molecular flexibility index (Phi) is 5.36. The second kappa shape index (κ2) is 4.12. The Labute approximate surface area is 100 Å². The van der Waals surface area contributed by atoms with Crippen molar-refractivity contribution in [3.05, 3.63) is 0 Å². The van der Waals surface area contributed by atoms with E-state index in [1.165, 1.54) is 0 Å². The van der Waals surface area contributed by atoms with Crippen LogP contribution < -0.4 is 0 Å². The van der Waals surface area contributed by atoms with E-state index in [-0.39, 0.29) is 51.4 Å². The summed E-state index contributed by atoms with van der Waals surface area (Å²) in [6, 6.07) is 0. The number of hydrogen-bond donors (Lipinski definition) is 1. The fourth-order valence-electron chi connectivity index (χ4n) is 0.121. The molecule has 0 aromatic heterocycles. The first-order chi connectivity index (χ1) is 4.19. The predicted molar refractivity (Wildman–Crippen MR) is 24.4 cm³/mol.